The number of aromatic nitrogens is 1. The van der Waals surface area contributed by atoms with E-state index in [1.165, 1.54) is 18.2 Å². The van der Waals surface area contributed by atoms with Crippen LogP contribution in [0.3, 0.4) is 0 Å². The van der Waals surface area contributed by atoms with E-state index in [0.29, 0.717) is 30.1 Å². The van der Waals surface area contributed by atoms with Crippen molar-refractivity contribution in [2.24, 2.45) is 5.73 Å². The summed E-state index contributed by atoms with van der Waals surface area (Å²) < 4.78 is 19.9. The highest BCUT2D eigenvalue weighted by atomic mass is 35.5. The molecule has 7 nitrogen and oxygen atoms in total. The standard InChI is InChI=1S/C18H19FN4O3.ClH/c1-10-6-11(7-15(22-10)17(20)24)18(25)23-12-2-3-13(14(19)8-12)16-9-21-4-5-26-16;/h2-3,6-8,16,21H,4-5,9H2,1H3,(H2,20,24)(H,23,25);1H/t16-;/m1./s1. The molecular formula is C18H20ClFN4O3. The second-order valence-corrected chi connectivity index (χ2v) is 6.00. The molecule has 3 rings (SSSR count). The fraction of sp³-hybridized carbons (Fsp3) is 0.278. The van der Waals surface area contributed by atoms with Crippen LogP contribution in [0.1, 0.15) is 38.2 Å². The molecule has 0 bridgehead atoms. The lowest BCUT2D eigenvalue weighted by Gasteiger charge is -2.24. The summed E-state index contributed by atoms with van der Waals surface area (Å²) in [7, 11) is 0. The Balaban J connectivity index is 0.00000261. The SMILES string of the molecule is Cc1cc(C(=O)Nc2ccc([C@H]3CNCCO3)c(F)c2)cc(C(N)=O)n1.Cl. The first-order valence-corrected chi connectivity index (χ1v) is 8.15. The molecule has 2 heterocycles. The minimum absolute atomic E-state index is 0. The zero-order chi connectivity index (χ0) is 18.7. The quantitative estimate of drug-likeness (QED) is 0.735. The van der Waals surface area contributed by atoms with Crippen LogP contribution < -0.4 is 16.4 Å². The van der Waals surface area contributed by atoms with Gasteiger partial charge in [-0.3, -0.25) is 9.59 Å². The number of primary amides is 1. The summed E-state index contributed by atoms with van der Waals surface area (Å²) in [5.74, 6) is -1.67. The molecular weight excluding hydrogens is 375 g/mol. The van der Waals surface area contributed by atoms with Crippen molar-refractivity contribution in [1.82, 2.24) is 10.3 Å². The minimum atomic E-state index is -0.723. The molecule has 9 heteroatoms. The number of benzene rings is 1. The first-order chi connectivity index (χ1) is 12.4. The Labute approximate surface area is 161 Å². The van der Waals surface area contributed by atoms with Gasteiger partial charge in [0.2, 0.25) is 0 Å². The van der Waals surface area contributed by atoms with Gasteiger partial charge in [0.1, 0.15) is 11.5 Å². The van der Waals surface area contributed by atoms with Crippen LogP contribution in [0, 0.1) is 12.7 Å². The van der Waals surface area contributed by atoms with Crippen molar-refractivity contribution in [1.29, 1.82) is 0 Å². The number of carbonyl (C=O) groups excluding carboxylic acids is 2. The van der Waals surface area contributed by atoms with Gasteiger partial charge in [-0.05, 0) is 31.2 Å². The van der Waals surface area contributed by atoms with E-state index in [1.54, 1.807) is 19.1 Å². The number of rotatable bonds is 4. The van der Waals surface area contributed by atoms with Crippen LogP contribution in [-0.4, -0.2) is 36.5 Å². The molecule has 2 amide bonds. The average Bonchev–Trinajstić information content (AvgIpc) is 2.62. The molecule has 1 aromatic heterocycles. The summed E-state index contributed by atoms with van der Waals surface area (Å²) in [4.78, 5) is 27.6. The number of nitrogens with two attached hydrogens (primary N) is 1. The van der Waals surface area contributed by atoms with E-state index in [4.69, 9.17) is 10.5 Å². The normalized spacial score (nSPS) is 16.3. The highest BCUT2D eigenvalue weighted by Gasteiger charge is 2.20. The number of morpholine rings is 1. The third-order valence-corrected chi connectivity index (χ3v) is 4.00. The molecule has 1 saturated heterocycles. The molecule has 1 fully saturated rings. The van der Waals surface area contributed by atoms with Crippen molar-refractivity contribution in [2.75, 3.05) is 25.0 Å². The second-order valence-electron chi connectivity index (χ2n) is 6.00. The number of hydrogen-bond acceptors (Lipinski definition) is 5. The second kappa shape index (κ2) is 8.90. The Morgan fingerprint density at radius 1 is 1.33 bits per heavy atom. The number of aryl methyl sites for hydroxylation is 1. The van der Waals surface area contributed by atoms with Crippen LogP contribution in [0.15, 0.2) is 30.3 Å². The monoisotopic (exact) mass is 394 g/mol. The van der Waals surface area contributed by atoms with Crippen molar-refractivity contribution in [3.63, 3.8) is 0 Å². The van der Waals surface area contributed by atoms with Crippen molar-refractivity contribution in [3.8, 4) is 0 Å². The topological polar surface area (TPSA) is 106 Å². The van der Waals surface area contributed by atoms with Crippen LogP contribution in [-0.2, 0) is 4.74 Å². The zero-order valence-electron chi connectivity index (χ0n) is 14.6. The fourth-order valence-electron chi connectivity index (χ4n) is 2.76. The van der Waals surface area contributed by atoms with Crippen LogP contribution >= 0.6 is 12.4 Å². The predicted octanol–water partition coefficient (Wildman–Crippen LogP) is 1.96. The Morgan fingerprint density at radius 2 is 2.11 bits per heavy atom. The van der Waals surface area contributed by atoms with Gasteiger partial charge in [0, 0.05) is 35.6 Å². The fourth-order valence-corrected chi connectivity index (χ4v) is 2.76. The molecule has 4 N–H and O–H groups in total. The Hall–Kier alpha value is -2.55. The molecule has 0 unspecified atom stereocenters. The van der Waals surface area contributed by atoms with Crippen molar-refractivity contribution in [2.45, 2.75) is 13.0 Å². The summed E-state index contributed by atoms with van der Waals surface area (Å²) in [5, 5.41) is 5.75. The first kappa shape index (κ1) is 20.8. The largest absolute Gasteiger partial charge is 0.371 e. The van der Waals surface area contributed by atoms with Crippen LogP contribution in [0.4, 0.5) is 10.1 Å². The third-order valence-electron chi connectivity index (χ3n) is 4.00. The summed E-state index contributed by atoms with van der Waals surface area (Å²) in [5.41, 5.74) is 6.65. The molecule has 0 spiro atoms. The molecule has 27 heavy (non-hydrogen) atoms. The average molecular weight is 395 g/mol. The van der Waals surface area contributed by atoms with E-state index in [9.17, 15) is 14.0 Å². The third kappa shape index (κ3) is 5.00. The molecule has 1 atom stereocenters. The number of pyridine rings is 1. The lowest BCUT2D eigenvalue weighted by Crippen LogP contribution is -2.33. The van der Waals surface area contributed by atoms with Gasteiger partial charge in [-0.25, -0.2) is 9.37 Å². The predicted molar refractivity (Wildman–Crippen MR) is 101 cm³/mol. The van der Waals surface area contributed by atoms with Gasteiger partial charge in [0.15, 0.2) is 0 Å². The molecule has 1 aromatic carbocycles. The number of hydrogen-bond donors (Lipinski definition) is 3. The minimum Gasteiger partial charge on any atom is -0.371 e. The van der Waals surface area contributed by atoms with Gasteiger partial charge in [-0.2, -0.15) is 0 Å². The van der Waals surface area contributed by atoms with Crippen LogP contribution in [0.25, 0.3) is 0 Å². The molecule has 0 aliphatic carbocycles. The maximum atomic E-state index is 14.4. The van der Waals surface area contributed by atoms with Gasteiger partial charge < -0.3 is 21.1 Å². The number of halogens is 2. The van der Waals surface area contributed by atoms with E-state index in [-0.39, 0.29) is 29.8 Å². The van der Waals surface area contributed by atoms with Gasteiger partial charge >= 0.3 is 0 Å². The van der Waals surface area contributed by atoms with Crippen LogP contribution in [0.2, 0.25) is 0 Å². The first-order valence-electron chi connectivity index (χ1n) is 8.15. The van der Waals surface area contributed by atoms with Gasteiger partial charge in [0.05, 0.1) is 12.7 Å². The van der Waals surface area contributed by atoms with E-state index < -0.39 is 17.6 Å². The Bertz CT molecular complexity index is 856. The number of ether oxygens (including phenoxy) is 1. The Morgan fingerprint density at radius 3 is 2.74 bits per heavy atom. The maximum absolute atomic E-state index is 14.4. The lowest BCUT2D eigenvalue weighted by molar-refractivity contribution is 0.0255. The molecule has 0 saturated carbocycles. The van der Waals surface area contributed by atoms with E-state index >= 15 is 0 Å². The van der Waals surface area contributed by atoms with Gasteiger partial charge in [-0.1, -0.05) is 6.07 Å². The van der Waals surface area contributed by atoms with Crippen molar-refractivity contribution in [3.05, 3.63) is 58.7 Å². The lowest BCUT2D eigenvalue weighted by atomic mass is 10.1. The number of anilines is 1. The van der Waals surface area contributed by atoms with E-state index in [2.05, 4.69) is 15.6 Å². The number of nitrogens with one attached hydrogen (secondary N) is 2. The summed E-state index contributed by atoms with van der Waals surface area (Å²) in [6.45, 7) is 3.45. The zero-order valence-corrected chi connectivity index (χ0v) is 15.4. The van der Waals surface area contributed by atoms with Crippen molar-refractivity contribution < 1.29 is 18.7 Å². The summed E-state index contributed by atoms with van der Waals surface area (Å²) in [6.07, 6.45) is -0.352. The number of nitrogens with zero attached hydrogens (tertiary/aromatic N) is 1. The molecule has 0 radical (unpaired) electrons. The smallest absolute Gasteiger partial charge is 0.267 e. The molecule has 1 aliphatic heterocycles. The van der Waals surface area contributed by atoms with Gasteiger partial charge in [-0.15, -0.1) is 12.4 Å². The van der Waals surface area contributed by atoms with Crippen molar-refractivity contribution >= 4 is 29.9 Å². The number of carbonyl (C=O) groups is 2. The van der Waals surface area contributed by atoms with Crippen LogP contribution in [0.5, 0.6) is 0 Å². The molecule has 1 aliphatic rings. The van der Waals surface area contributed by atoms with Gasteiger partial charge in [0.25, 0.3) is 11.8 Å². The number of amides is 2. The summed E-state index contributed by atoms with van der Waals surface area (Å²) >= 11 is 0. The molecule has 144 valence electrons. The highest BCUT2D eigenvalue weighted by Crippen LogP contribution is 2.24. The summed E-state index contributed by atoms with van der Waals surface area (Å²) in [6, 6.07) is 7.27. The van der Waals surface area contributed by atoms with E-state index in [1.807, 2.05) is 0 Å². The molecule has 2 aromatic rings. The Kier molecular flexibility index (Phi) is 6.84. The maximum Gasteiger partial charge on any atom is 0.267 e. The van der Waals surface area contributed by atoms with E-state index in [0.717, 1.165) is 6.54 Å². The highest BCUT2D eigenvalue weighted by molar-refractivity contribution is 6.05.